The molecule has 0 saturated carbocycles. The molecule has 14 heteroatoms. The van der Waals surface area contributed by atoms with E-state index >= 15 is 0 Å². The molecule has 0 bridgehead atoms. The van der Waals surface area contributed by atoms with Crippen LogP contribution in [0.5, 0.6) is 0 Å². The van der Waals surface area contributed by atoms with Gasteiger partial charge in [0.2, 0.25) is 5.91 Å². The van der Waals surface area contributed by atoms with Gasteiger partial charge in [-0.05, 0) is 74.7 Å². The lowest BCUT2D eigenvalue weighted by Gasteiger charge is -2.32. The maximum absolute atomic E-state index is 13.6. The molecule has 1 heterocycles. The number of carbonyl (C=O) groups is 2. The number of alkyl halides is 9. The maximum Gasteiger partial charge on any atom is 0.416 e. The van der Waals surface area contributed by atoms with Crippen molar-refractivity contribution in [3.63, 3.8) is 0 Å². The second-order valence-corrected chi connectivity index (χ2v) is 11.0. The van der Waals surface area contributed by atoms with Gasteiger partial charge in [-0.3, -0.25) is 9.69 Å². The van der Waals surface area contributed by atoms with Crippen LogP contribution in [0.25, 0.3) is 0 Å². The summed E-state index contributed by atoms with van der Waals surface area (Å²) in [7, 11) is 0. The molecule has 2 amide bonds. The predicted molar refractivity (Wildman–Crippen MR) is 135 cm³/mol. The molecule has 1 aliphatic rings. The van der Waals surface area contributed by atoms with Crippen molar-refractivity contribution in [3.05, 3.63) is 64.2 Å². The van der Waals surface area contributed by atoms with Gasteiger partial charge in [0.15, 0.2) is 0 Å². The third-order valence-corrected chi connectivity index (χ3v) is 6.70. The molecule has 0 saturated heterocycles. The van der Waals surface area contributed by atoms with Crippen molar-refractivity contribution in [2.75, 3.05) is 11.4 Å². The van der Waals surface area contributed by atoms with Crippen LogP contribution in [0.4, 0.5) is 50.0 Å². The highest BCUT2D eigenvalue weighted by molar-refractivity contribution is 5.92. The van der Waals surface area contributed by atoms with Crippen LogP contribution in [-0.2, 0) is 34.6 Å². The van der Waals surface area contributed by atoms with Crippen molar-refractivity contribution in [3.8, 4) is 0 Å². The summed E-state index contributed by atoms with van der Waals surface area (Å²) < 4.78 is 127. The lowest BCUT2D eigenvalue weighted by Crippen LogP contribution is -2.44. The van der Waals surface area contributed by atoms with Crippen LogP contribution in [0, 0.1) is 0 Å². The molecule has 2 aromatic carbocycles. The van der Waals surface area contributed by atoms with Gasteiger partial charge in [0.1, 0.15) is 5.60 Å². The molecule has 2 unspecified atom stereocenters. The van der Waals surface area contributed by atoms with E-state index < -0.39 is 83.4 Å². The second kappa shape index (κ2) is 11.3. The second-order valence-electron chi connectivity index (χ2n) is 11.0. The minimum atomic E-state index is -5.11. The standard InChI is InChI=1S/C28H29F9N2O3/c1-6-22-21(20-12-17(26(29,30)31)7-8-23(20)39(22)24(41)42-25(3,4)5)14-38(15(2)40)13-16-9-18(27(32,33)34)11-19(10-16)28(35,36)37/h7-12,21-22H,6,13-14H2,1-5H3. The first-order valence-electron chi connectivity index (χ1n) is 12.8. The molecule has 232 valence electrons. The van der Waals surface area contributed by atoms with Gasteiger partial charge in [0.25, 0.3) is 0 Å². The number of anilines is 1. The number of hydrogen-bond acceptors (Lipinski definition) is 3. The number of benzene rings is 2. The normalized spacial score (nSPS) is 17.7. The van der Waals surface area contributed by atoms with E-state index in [2.05, 4.69) is 0 Å². The Bertz CT molecular complexity index is 1300. The zero-order valence-electron chi connectivity index (χ0n) is 23.3. The number of halogens is 9. The van der Waals surface area contributed by atoms with Crippen molar-refractivity contribution >= 4 is 17.7 Å². The average molecular weight is 613 g/mol. The average Bonchev–Trinajstić information content (AvgIpc) is 3.13. The van der Waals surface area contributed by atoms with Gasteiger partial charge in [-0.1, -0.05) is 6.92 Å². The summed E-state index contributed by atoms with van der Waals surface area (Å²) in [5.41, 5.74) is -5.49. The number of nitrogens with zero attached hydrogens (tertiary/aromatic N) is 2. The highest BCUT2D eigenvalue weighted by atomic mass is 19.4. The quantitative estimate of drug-likeness (QED) is 0.319. The van der Waals surface area contributed by atoms with E-state index in [-0.39, 0.29) is 23.7 Å². The maximum atomic E-state index is 13.6. The summed E-state index contributed by atoms with van der Waals surface area (Å²) in [6.07, 6.45) is -15.7. The van der Waals surface area contributed by atoms with Crippen molar-refractivity contribution in [2.45, 2.75) is 83.7 Å². The molecular weight excluding hydrogens is 583 g/mol. The monoisotopic (exact) mass is 612 g/mol. The lowest BCUT2D eigenvalue weighted by atomic mass is 9.91. The van der Waals surface area contributed by atoms with Crippen LogP contribution >= 0.6 is 0 Å². The summed E-state index contributed by atoms with van der Waals surface area (Å²) in [6.45, 7) is 6.35. The molecule has 5 nitrogen and oxygen atoms in total. The highest BCUT2D eigenvalue weighted by Gasteiger charge is 2.45. The zero-order valence-corrected chi connectivity index (χ0v) is 23.3. The molecule has 0 spiro atoms. The van der Waals surface area contributed by atoms with E-state index in [0.717, 1.165) is 30.0 Å². The number of fused-ring (bicyclic) bond motifs is 1. The first-order valence-corrected chi connectivity index (χ1v) is 12.8. The van der Waals surface area contributed by atoms with Crippen LogP contribution in [0.3, 0.4) is 0 Å². The molecule has 2 aromatic rings. The molecule has 0 aliphatic carbocycles. The van der Waals surface area contributed by atoms with Gasteiger partial charge < -0.3 is 9.64 Å². The molecular formula is C28H29F9N2O3. The zero-order chi connectivity index (χ0) is 32.0. The third kappa shape index (κ3) is 7.49. The van der Waals surface area contributed by atoms with Gasteiger partial charge in [-0.2, -0.15) is 39.5 Å². The van der Waals surface area contributed by atoms with E-state index in [0.29, 0.717) is 12.1 Å². The molecule has 0 aromatic heterocycles. The summed E-state index contributed by atoms with van der Waals surface area (Å²) in [6, 6.07) is 2.81. The largest absolute Gasteiger partial charge is 0.443 e. The van der Waals surface area contributed by atoms with E-state index in [9.17, 15) is 49.1 Å². The van der Waals surface area contributed by atoms with Gasteiger partial charge in [0.05, 0.1) is 22.4 Å². The van der Waals surface area contributed by atoms with Crippen molar-refractivity contribution in [1.82, 2.24) is 4.90 Å². The van der Waals surface area contributed by atoms with E-state index in [4.69, 9.17) is 4.74 Å². The summed E-state index contributed by atoms with van der Waals surface area (Å²) in [4.78, 5) is 27.9. The molecule has 3 rings (SSSR count). The van der Waals surface area contributed by atoms with Crippen molar-refractivity contribution in [2.24, 2.45) is 0 Å². The smallest absolute Gasteiger partial charge is 0.416 e. The molecule has 0 N–H and O–H groups in total. The number of ether oxygens (including phenoxy) is 1. The van der Waals surface area contributed by atoms with Crippen LogP contribution in [0.15, 0.2) is 36.4 Å². The van der Waals surface area contributed by atoms with Crippen molar-refractivity contribution < 1.29 is 53.8 Å². The highest BCUT2D eigenvalue weighted by Crippen LogP contribution is 2.46. The third-order valence-electron chi connectivity index (χ3n) is 6.70. The van der Waals surface area contributed by atoms with Crippen LogP contribution in [0.2, 0.25) is 0 Å². The van der Waals surface area contributed by atoms with E-state index in [1.807, 2.05) is 0 Å². The Labute approximate surface area is 236 Å². The fourth-order valence-electron chi connectivity index (χ4n) is 4.92. The minimum absolute atomic E-state index is 0.0359. The fraction of sp³-hybridized carbons (Fsp3) is 0.500. The molecule has 2 atom stereocenters. The van der Waals surface area contributed by atoms with E-state index in [1.54, 1.807) is 27.7 Å². The molecule has 42 heavy (non-hydrogen) atoms. The topological polar surface area (TPSA) is 49.9 Å². The van der Waals surface area contributed by atoms with Crippen molar-refractivity contribution in [1.29, 1.82) is 0 Å². The molecule has 0 radical (unpaired) electrons. The first-order chi connectivity index (χ1) is 19.0. The van der Waals surface area contributed by atoms with Crippen LogP contribution < -0.4 is 4.90 Å². The van der Waals surface area contributed by atoms with Crippen LogP contribution in [0.1, 0.15) is 74.8 Å². The number of carbonyl (C=O) groups excluding carboxylic acids is 2. The molecule has 0 fully saturated rings. The Morgan fingerprint density at radius 3 is 1.79 bits per heavy atom. The summed E-state index contributed by atoms with van der Waals surface area (Å²) >= 11 is 0. The van der Waals surface area contributed by atoms with Crippen LogP contribution in [-0.4, -0.2) is 35.1 Å². The van der Waals surface area contributed by atoms with Gasteiger partial charge in [-0.25, -0.2) is 4.79 Å². The number of hydrogen-bond donors (Lipinski definition) is 0. The van der Waals surface area contributed by atoms with Gasteiger partial charge >= 0.3 is 24.6 Å². The SMILES string of the molecule is CCC1C(CN(Cc2cc(C(F)(F)F)cc(C(F)(F)F)c2)C(C)=O)c2cc(C(F)(F)F)ccc2N1C(=O)OC(C)(C)C. The Morgan fingerprint density at radius 2 is 1.36 bits per heavy atom. The van der Waals surface area contributed by atoms with Gasteiger partial charge in [-0.15, -0.1) is 0 Å². The number of rotatable bonds is 5. The summed E-state index contributed by atoms with van der Waals surface area (Å²) in [5, 5.41) is 0. The fourth-order valence-corrected chi connectivity index (χ4v) is 4.92. The Hall–Kier alpha value is -3.45. The van der Waals surface area contributed by atoms with E-state index in [1.165, 1.54) is 4.90 Å². The minimum Gasteiger partial charge on any atom is -0.443 e. The summed E-state index contributed by atoms with van der Waals surface area (Å²) in [5.74, 6) is -1.73. The number of amides is 2. The predicted octanol–water partition coefficient (Wildman–Crippen LogP) is 8.41. The molecule has 1 aliphatic heterocycles. The Morgan fingerprint density at radius 1 is 0.833 bits per heavy atom. The Balaban J connectivity index is 2.10. The Kier molecular flexibility index (Phi) is 8.91. The lowest BCUT2D eigenvalue weighted by molar-refractivity contribution is -0.143. The van der Waals surface area contributed by atoms with Gasteiger partial charge in [0, 0.05) is 32.0 Å². The first kappa shape index (κ1) is 33.1.